The lowest BCUT2D eigenvalue weighted by Gasteiger charge is -2.31. The molecular formula is C25H24F3N5O2. The Morgan fingerprint density at radius 3 is 2.54 bits per heavy atom. The number of carbonyl (C=O) groups is 2. The third-order valence-electron chi connectivity index (χ3n) is 6.55. The minimum atomic E-state index is -4.46. The van der Waals surface area contributed by atoms with Crippen molar-refractivity contribution in [3.8, 4) is 0 Å². The number of carbonyl (C=O) groups excluding carboxylic acids is 2. The Labute approximate surface area is 199 Å². The van der Waals surface area contributed by atoms with Crippen LogP contribution in [0.3, 0.4) is 0 Å². The Morgan fingerprint density at radius 2 is 1.83 bits per heavy atom. The van der Waals surface area contributed by atoms with E-state index in [4.69, 9.17) is 0 Å². The number of rotatable bonds is 4. The molecule has 10 heteroatoms. The van der Waals surface area contributed by atoms with Gasteiger partial charge in [-0.2, -0.15) is 13.2 Å². The fourth-order valence-electron chi connectivity index (χ4n) is 4.70. The highest BCUT2D eigenvalue weighted by molar-refractivity contribution is 5.95. The molecule has 0 radical (unpaired) electrons. The Bertz CT molecular complexity index is 1280. The monoisotopic (exact) mass is 483 g/mol. The first kappa shape index (κ1) is 23.1. The third kappa shape index (κ3) is 4.78. The van der Waals surface area contributed by atoms with Gasteiger partial charge in [0, 0.05) is 49.9 Å². The quantitative estimate of drug-likeness (QED) is 0.519. The lowest BCUT2D eigenvalue weighted by Crippen LogP contribution is -2.38. The van der Waals surface area contributed by atoms with Crippen molar-refractivity contribution in [2.75, 3.05) is 24.5 Å². The standard InChI is InChI=1S/C25H24F3N5O2/c26-25(27,28)19-8-11-21-29-30-24(33(21)16-19)18-3-1-13-31(15-18)22(34)12-7-17-5-9-20(10-6-17)32-14-2-4-23(32)35/h5-12,16,18H,1-4,13-15H2/b12-7+. The maximum absolute atomic E-state index is 13.2. The van der Waals surface area contributed by atoms with Gasteiger partial charge in [-0.3, -0.25) is 14.0 Å². The van der Waals surface area contributed by atoms with E-state index >= 15 is 0 Å². The van der Waals surface area contributed by atoms with Gasteiger partial charge in [0.15, 0.2) is 5.65 Å². The van der Waals surface area contributed by atoms with Gasteiger partial charge >= 0.3 is 6.18 Å². The van der Waals surface area contributed by atoms with Gasteiger partial charge in [-0.25, -0.2) is 0 Å². The Balaban J connectivity index is 1.27. The van der Waals surface area contributed by atoms with E-state index in [1.807, 2.05) is 24.3 Å². The molecule has 0 aliphatic carbocycles. The number of fused-ring (bicyclic) bond motifs is 1. The summed E-state index contributed by atoms with van der Waals surface area (Å²) in [6.45, 7) is 1.65. The van der Waals surface area contributed by atoms with Gasteiger partial charge in [-0.15, -0.1) is 10.2 Å². The highest BCUT2D eigenvalue weighted by Gasteiger charge is 2.32. The minimum absolute atomic E-state index is 0.123. The van der Waals surface area contributed by atoms with Crippen LogP contribution in [0.2, 0.25) is 0 Å². The van der Waals surface area contributed by atoms with Crippen LogP contribution in [0.4, 0.5) is 18.9 Å². The van der Waals surface area contributed by atoms with Crippen molar-refractivity contribution in [1.82, 2.24) is 19.5 Å². The van der Waals surface area contributed by atoms with E-state index in [-0.39, 0.29) is 17.7 Å². The average Bonchev–Trinajstić information content (AvgIpc) is 3.48. The summed E-state index contributed by atoms with van der Waals surface area (Å²) in [5.74, 6) is 0.174. The van der Waals surface area contributed by atoms with Crippen molar-refractivity contribution in [3.63, 3.8) is 0 Å². The van der Waals surface area contributed by atoms with E-state index in [2.05, 4.69) is 10.2 Å². The zero-order chi connectivity index (χ0) is 24.6. The van der Waals surface area contributed by atoms with Crippen LogP contribution in [0.1, 0.15) is 48.6 Å². The van der Waals surface area contributed by atoms with Crippen LogP contribution >= 0.6 is 0 Å². The van der Waals surface area contributed by atoms with E-state index in [9.17, 15) is 22.8 Å². The summed E-state index contributed by atoms with van der Waals surface area (Å²) < 4.78 is 40.9. The maximum Gasteiger partial charge on any atom is 0.417 e. The van der Waals surface area contributed by atoms with Crippen LogP contribution in [0, 0.1) is 0 Å². The predicted molar refractivity (Wildman–Crippen MR) is 124 cm³/mol. The minimum Gasteiger partial charge on any atom is -0.338 e. The van der Waals surface area contributed by atoms with Gasteiger partial charge in [-0.1, -0.05) is 12.1 Å². The highest BCUT2D eigenvalue weighted by Crippen LogP contribution is 2.31. The highest BCUT2D eigenvalue weighted by atomic mass is 19.4. The molecule has 2 aliphatic heterocycles. The van der Waals surface area contributed by atoms with Gasteiger partial charge in [0.25, 0.3) is 0 Å². The number of halogens is 3. The van der Waals surface area contributed by atoms with Gasteiger partial charge in [0.2, 0.25) is 11.8 Å². The van der Waals surface area contributed by atoms with E-state index < -0.39 is 11.7 Å². The summed E-state index contributed by atoms with van der Waals surface area (Å²) in [6, 6.07) is 9.77. The fraction of sp³-hybridized carbons (Fsp3) is 0.360. The molecule has 2 aromatic heterocycles. The van der Waals surface area contributed by atoms with Crippen LogP contribution < -0.4 is 4.90 Å². The number of hydrogen-bond donors (Lipinski definition) is 0. The van der Waals surface area contributed by atoms with Crippen LogP contribution in [0.5, 0.6) is 0 Å². The van der Waals surface area contributed by atoms with E-state index in [0.717, 1.165) is 42.9 Å². The third-order valence-corrected chi connectivity index (χ3v) is 6.55. The van der Waals surface area contributed by atoms with Crippen molar-refractivity contribution in [3.05, 3.63) is 65.6 Å². The molecule has 5 rings (SSSR count). The van der Waals surface area contributed by atoms with Gasteiger partial charge in [-0.05, 0) is 55.2 Å². The molecule has 2 amide bonds. The van der Waals surface area contributed by atoms with Crippen molar-refractivity contribution >= 4 is 29.2 Å². The van der Waals surface area contributed by atoms with Crippen molar-refractivity contribution in [2.45, 2.75) is 37.8 Å². The van der Waals surface area contributed by atoms with Crippen molar-refractivity contribution in [2.24, 2.45) is 0 Å². The maximum atomic E-state index is 13.2. The predicted octanol–water partition coefficient (Wildman–Crippen LogP) is 4.29. The number of amides is 2. The number of pyridine rings is 1. The Morgan fingerprint density at radius 1 is 1.03 bits per heavy atom. The SMILES string of the molecule is O=C(/C=C/c1ccc(N2CCCC2=O)cc1)N1CCCC(c2nnc3ccc(C(F)(F)F)cn23)C1. The molecule has 4 heterocycles. The van der Waals surface area contributed by atoms with Crippen LogP contribution in [0.15, 0.2) is 48.7 Å². The first-order valence-electron chi connectivity index (χ1n) is 11.6. The number of alkyl halides is 3. The normalized spacial score (nSPS) is 19.3. The van der Waals surface area contributed by atoms with Crippen LogP contribution in [-0.2, 0) is 15.8 Å². The Hall–Kier alpha value is -3.69. The molecule has 3 aromatic rings. The average molecular weight is 483 g/mol. The molecular weight excluding hydrogens is 459 g/mol. The molecule has 182 valence electrons. The number of hydrogen-bond acceptors (Lipinski definition) is 4. The number of nitrogens with zero attached hydrogens (tertiary/aromatic N) is 5. The molecule has 2 aliphatic rings. The molecule has 2 fully saturated rings. The number of likely N-dealkylation sites (tertiary alicyclic amines) is 1. The molecule has 1 unspecified atom stereocenters. The lowest BCUT2D eigenvalue weighted by molar-refractivity contribution is -0.137. The van der Waals surface area contributed by atoms with E-state index in [1.165, 1.54) is 16.5 Å². The number of benzene rings is 1. The fourth-order valence-corrected chi connectivity index (χ4v) is 4.70. The molecule has 0 N–H and O–H groups in total. The number of piperidine rings is 1. The Kier molecular flexibility index (Phi) is 6.04. The summed E-state index contributed by atoms with van der Waals surface area (Å²) in [6.07, 6.45) is 2.65. The van der Waals surface area contributed by atoms with Crippen LogP contribution in [0.25, 0.3) is 11.7 Å². The smallest absolute Gasteiger partial charge is 0.338 e. The first-order valence-corrected chi connectivity index (χ1v) is 11.6. The molecule has 0 spiro atoms. The zero-order valence-electron chi connectivity index (χ0n) is 18.9. The topological polar surface area (TPSA) is 70.8 Å². The van der Waals surface area contributed by atoms with Gasteiger partial charge in [0.05, 0.1) is 5.56 Å². The summed E-state index contributed by atoms with van der Waals surface area (Å²) in [4.78, 5) is 28.2. The molecule has 0 bridgehead atoms. The van der Waals surface area contributed by atoms with E-state index in [1.54, 1.807) is 15.9 Å². The zero-order valence-corrected chi connectivity index (χ0v) is 18.9. The summed E-state index contributed by atoms with van der Waals surface area (Å²) >= 11 is 0. The second-order valence-electron chi connectivity index (χ2n) is 8.90. The lowest BCUT2D eigenvalue weighted by atomic mass is 9.97. The summed E-state index contributed by atoms with van der Waals surface area (Å²) in [7, 11) is 0. The molecule has 2 saturated heterocycles. The second kappa shape index (κ2) is 9.16. The summed E-state index contributed by atoms with van der Waals surface area (Å²) in [5, 5.41) is 8.14. The summed E-state index contributed by atoms with van der Waals surface area (Å²) in [5.41, 5.74) is 1.27. The molecule has 1 aromatic carbocycles. The molecule has 7 nitrogen and oxygen atoms in total. The number of aromatic nitrogens is 3. The van der Waals surface area contributed by atoms with Crippen molar-refractivity contribution in [1.29, 1.82) is 0 Å². The first-order chi connectivity index (χ1) is 16.8. The van der Waals surface area contributed by atoms with Gasteiger partial charge < -0.3 is 9.80 Å². The molecule has 0 saturated carbocycles. The largest absolute Gasteiger partial charge is 0.417 e. The van der Waals surface area contributed by atoms with Gasteiger partial charge in [0.1, 0.15) is 5.82 Å². The second-order valence-corrected chi connectivity index (χ2v) is 8.90. The van der Waals surface area contributed by atoms with E-state index in [0.29, 0.717) is 37.4 Å². The molecule has 1 atom stereocenters. The van der Waals surface area contributed by atoms with Crippen molar-refractivity contribution < 1.29 is 22.8 Å². The molecule has 35 heavy (non-hydrogen) atoms. The number of anilines is 1. The van der Waals surface area contributed by atoms with Crippen LogP contribution in [-0.4, -0.2) is 50.9 Å².